The van der Waals surface area contributed by atoms with Crippen molar-refractivity contribution in [2.75, 3.05) is 44.2 Å². The average Bonchev–Trinajstić information content (AvgIpc) is 3.23. The molecule has 0 radical (unpaired) electrons. The van der Waals surface area contributed by atoms with Crippen LogP contribution < -0.4 is 15.4 Å². The van der Waals surface area contributed by atoms with Gasteiger partial charge in [-0.2, -0.15) is 0 Å². The fourth-order valence-electron chi connectivity index (χ4n) is 3.89. The first kappa shape index (κ1) is 19.3. The molecule has 2 aromatic heterocycles. The van der Waals surface area contributed by atoms with Crippen LogP contribution in [0.3, 0.4) is 0 Å². The first-order valence-electron chi connectivity index (χ1n) is 9.84. The fraction of sp³-hybridized carbons (Fsp3) is 0.429. The Morgan fingerprint density at radius 1 is 1.24 bits per heavy atom. The number of aromatic nitrogens is 4. The van der Waals surface area contributed by atoms with E-state index >= 15 is 0 Å². The number of methoxy groups -OCH3 is 1. The summed E-state index contributed by atoms with van der Waals surface area (Å²) in [5.41, 5.74) is 0.704. The summed E-state index contributed by atoms with van der Waals surface area (Å²) in [5, 5.41) is 0.633. The third-order valence-electron chi connectivity index (χ3n) is 5.35. The van der Waals surface area contributed by atoms with Crippen molar-refractivity contribution >= 4 is 22.5 Å². The van der Waals surface area contributed by atoms with Crippen LogP contribution >= 0.6 is 0 Å². The van der Waals surface area contributed by atoms with Gasteiger partial charge in [0.25, 0.3) is 5.56 Å². The molecule has 1 atom stereocenters. The minimum atomic E-state index is -0.0221. The Labute approximate surface area is 169 Å². The predicted molar refractivity (Wildman–Crippen MR) is 114 cm³/mol. The highest BCUT2D eigenvalue weighted by molar-refractivity contribution is 5.77. The second kappa shape index (κ2) is 8.16. The third kappa shape index (κ3) is 3.67. The molecule has 0 N–H and O–H groups in total. The van der Waals surface area contributed by atoms with Crippen molar-refractivity contribution in [2.24, 2.45) is 0 Å². The number of ether oxygens (including phenoxy) is 1. The minimum absolute atomic E-state index is 0.0194. The normalized spacial score (nSPS) is 16.5. The van der Waals surface area contributed by atoms with E-state index < -0.39 is 0 Å². The van der Waals surface area contributed by atoms with Crippen LogP contribution in [0.2, 0.25) is 0 Å². The monoisotopic (exact) mass is 394 g/mol. The summed E-state index contributed by atoms with van der Waals surface area (Å²) >= 11 is 0. The lowest BCUT2D eigenvalue weighted by atomic mass is 10.1. The van der Waals surface area contributed by atoms with Gasteiger partial charge in [-0.15, -0.1) is 0 Å². The summed E-state index contributed by atoms with van der Waals surface area (Å²) in [5.74, 6) is 2.48. The summed E-state index contributed by atoms with van der Waals surface area (Å²) in [6.45, 7) is 1.79. The highest BCUT2D eigenvalue weighted by Crippen LogP contribution is 2.35. The van der Waals surface area contributed by atoms with Crippen molar-refractivity contribution in [3.8, 4) is 0 Å². The van der Waals surface area contributed by atoms with Gasteiger partial charge in [0.1, 0.15) is 23.8 Å². The number of fused-ring (bicyclic) bond motifs is 1. The van der Waals surface area contributed by atoms with E-state index in [0.717, 1.165) is 42.4 Å². The van der Waals surface area contributed by atoms with E-state index in [9.17, 15) is 4.79 Å². The molecular weight excluding hydrogens is 368 g/mol. The van der Waals surface area contributed by atoms with Crippen LogP contribution in [0.4, 0.5) is 11.6 Å². The van der Waals surface area contributed by atoms with Gasteiger partial charge in [-0.25, -0.2) is 15.0 Å². The van der Waals surface area contributed by atoms with Crippen molar-refractivity contribution in [3.05, 3.63) is 52.8 Å². The molecule has 29 heavy (non-hydrogen) atoms. The Morgan fingerprint density at radius 3 is 2.86 bits per heavy atom. The lowest BCUT2D eigenvalue weighted by Crippen LogP contribution is -2.33. The number of benzene rings is 1. The van der Waals surface area contributed by atoms with Gasteiger partial charge >= 0.3 is 0 Å². The molecule has 8 nitrogen and oxygen atoms in total. The first-order chi connectivity index (χ1) is 14.1. The summed E-state index contributed by atoms with van der Waals surface area (Å²) in [4.78, 5) is 31.1. The van der Waals surface area contributed by atoms with Crippen LogP contribution in [0.1, 0.15) is 24.7 Å². The van der Waals surface area contributed by atoms with Crippen LogP contribution in [0.15, 0.2) is 41.5 Å². The van der Waals surface area contributed by atoms with Gasteiger partial charge in [0, 0.05) is 33.8 Å². The van der Waals surface area contributed by atoms with Crippen molar-refractivity contribution in [3.63, 3.8) is 0 Å². The molecule has 0 aliphatic carbocycles. The van der Waals surface area contributed by atoms with Crippen LogP contribution in [0.5, 0.6) is 0 Å². The topological polar surface area (TPSA) is 76.4 Å². The maximum absolute atomic E-state index is 13.2. The van der Waals surface area contributed by atoms with Crippen LogP contribution in [0.25, 0.3) is 10.9 Å². The molecule has 1 aliphatic heterocycles. The number of rotatable bonds is 6. The number of hydrogen-bond donors (Lipinski definition) is 0. The van der Waals surface area contributed by atoms with Crippen molar-refractivity contribution in [1.82, 2.24) is 19.5 Å². The van der Waals surface area contributed by atoms with Gasteiger partial charge in [0.05, 0.1) is 30.1 Å². The van der Waals surface area contributed by atoms with Crippen LogP contribution in [0, 0.1) is 0 Å². The molecule has 1 saturated heterocycles. The number of hydrogen-bond acceptors (Lipinski definition) is 7. The summed E-state index contributed by atoms with van der Waals surface area (Å²) in [6, 6.07) is 9.48. The Kier molecular flexibility index (Phi) is 5.44. The van der Waals surface area contributed by atoms with Crippen LogP contribution in [-0.4, -0.2) is 53.9 Å². The second-order valence-corrected chi connectivity index (χ2v) is 7.42. The number of para-hydroxylation sites is 1. The SMILES string of the molecule is COCCn1c(C2CCCN2c2cc(N(C)C)ncn2)nc2ccccc2c1=O. The molecule has 1 aliphatic rings. The lowest BCUT2D eigenvalue weighted by Gasteiger charge is -2.28. The zero-order valence-electron chi connectivity index (χ0n) is 17.1. The highest BCUT2D eigenvalue weighted by Gasteiger charge is 2.31. The molecule has 0 bridgehead atoms. The van der Waals surface area contributed by atoms with Gasteiger partial charge in [-0.05, 0) is 25.0 Å². The molecule has 4 rings (SSSR count). The van der Waals surface area contributed by atoms with Crippen LogP contribution in [-0.2, 0) is 11.3 Å². The van der Waals surface area contributed by atoms with E-state index in [1.165, 1.54) is 0 Å². The molecule has 1 unspecified atom stereocenters. The minimum Gasteiger partial charge on any atom is -0.383 e. The molecule has 0 spiro atoms. The van der Waals surface area contributed by atoms with E-state index in [1.807, 2.05) is 49.3 Å². The second-order valence-electron chi connectivity index (χ2n) is 7.42. The zero-order valence-corrected chi connectivity index (χ0v) is 17.1. The van der Waals surface area contributed by atoms with Crippen molar-refractivity contribution in [1.29, 1.82) is 0 Å². The largest absolute Gasteiger partial charge is 0.383 e. The van der Waals surface area contributed by atoms with Gasteiger partial charge < -0.3 is 14.5 Å². The summed E-state index contributed by atoms with van der Waals surface area (Å²) in [7, 11) is 5.56. The van der Waals surface area contributed by atoms with Gasteiger partial charge in [0.15, 0.2) is 0 Å². The van der Waals surface area contributed by atoms with E-state index in [1.54, 1.807) is 18.0 Å². The molecule has 152 valence electrons. The number of anilines is 2. The third-order valence-corrected chi connectivity index (χ3v) is 5.35. The molecule has 0 saturated carbocycles. The molecule has 3 heterocycles. The fourth-order valence-corrected chi connectivity index (χ4v) is 3.89. The maximum Gasteiger partial charge on any atom is 0.261 e. The molecule has 0 amide bonds. The zero-order chi connectivity index (χ0) is 20.4. The average molecular weight is 394 g/mol. The van der Waals surface area contributed by atoms with E-state index in [4.69, 9.17) is 9.72 Å². The molecule has 3 aromatic rings. The van der Waals surface area contributed by atoms with E-state index in [-0.39, 0.29) is 11.6 Å². The molecule has 1 fully saturated rings. The van der Waals surface area contributed by atoms with E-state index in [0.29, 0.717) is 18.5 Å². The van der Waals surface area contributed by atoms with Gasteiger partial charge in [-0.1, -0.05) is 12.1 Å². The van der Waals surface area contributed by atoms with Gasteiger partial charge in [0.2, 0.25) is 0 Å². The highest BCUT2D eigenvalue weighted by atomic mass is 16.5. The lowest BCUT2D eigenvalue weighted by molar-refractivity contribution is 0.184. The van der Waals surface area contributed by atoms with Crippen molar-refractivity contribution < 1.29 is 4.74 Å². The summed E-state index contributed by atoms with van der Waals surface area (Å²) < 4.78 is 7.02. The molecular formula is C21H26N6O2. The number of nitrogens with zero attached hydrogens (tertiary/aromatic N) is 6. The standard InChI is InChI=1S/C21H26N6O2/c1-25(2)18-13-19(23-14-22-18)26-10-6-9-17(26)20-24-16-8-5-4-7-15(16)21(28)27(20)11-12-29-3/h4-5,7-8,13-14,17H,6,9-12H2,1-3H3. The Bertz CT molecular complexity index is 1060. The Hall–Kier alpha value is -3.00. The van der Waals surface area contributed by atoms with Crippen molar-refractivity contribution in [2.45, 2.75) is 25.4 Å². The predicted octanol–water partition coefficient (Wildman–Crippen LogP) is 2.24. The molecule has 8 heteroatoms. The van der Waals surface area contributed by atoms with E-state index in [2.05, 4.69) is 14.9 Å². The van der Waals surface area contributed by atoms with Gasteiger partial charge in [-0.3, -0.25) is 9.36 Å². The Balaban J connectivity index is 1.82. The summed E-state index contributed by atoms with van der Waals surface area (Å²) in [6.07, 6.45) is 3.52. The smallest absolute Gasteiger partial charge is 0.261 e. The Morgan fingerprint density at radius 2 is 2.07 bits per heavy atom. The quantitative estimate of drug-likeness (QED) is 0.635. The maximum atomic E-state index is 13.2. The first-order valence-corrected chi connectivity index (χ1v) is 9.84. The molecule has 1 aromatic carbocycles.